The van der Waals surface area contributed by atoms with Crippen molar-refractivity contribution < 1.29 is 14.6 Å². The van der Waals surface area contributed by atoms with Gasteiger partial charge in [0.2, 0.25) is 6.79 Å². The lowest BCUT2D eigenvalue weighted by Crippen LogP contribution is -2.14. The van der Waals surface area contributed by atoms with Gasteiger partial charge in [0, 0.05) is 6.54 Å². The summed E-state index contributed by atoms with van der Waals surface area (Å²) in [5, 5.41) is 11.5. The number of nitrogens with one attached hydrogen (secondary N) is 1. The Kier molecular flexibility index (Phi) is 2.56. The highest BCUT2D eigenvalue weighted by Gasteiger charge is 2.14. The summed E-state index contributed by atoms with van der Waals surface area (Å²) in [5.41, 5.74) is 2.25. The summed E-state index contributed by atoms with van der Waals surface area (Å²) in [5.74, 6) is 1.58. The van der Waals surface area contributed by atoms with Gasteiger partial charge in [-0.25, -0.2) is 0 Å². The lowest BCUT2D eigenvalue weighted by Gasteiger charge is -2.07. The number of rotatable bonds is 3. The van der Waals surface area contributed by atoms with Gasteiger partial charge >= 0.3 is 0 Å². The van der Waals surface area contributed by atoms with E-state index in [2.05, 4.69) is 5.32 Å². The van der Waals surface area contributed by atoms with E-state index >= 15 is 0 Å². The summed E-state index contributed by atoms with van der Waals surface area (Å²) in [7, 11) is 0. The van der Waals surface area contributed by atoms with Crippen LogP contribution in [-0.4, -0.2) is 18.6 Å². The van der Waals surface area contributed by atoms with E-state index in [1.807, 2.05) is 19.1 Å². The van der Waals surface area contributed by atoms with Crippen LogP contribution in [0.3, 0.4) is 0 Å². The maximum Gasteiger partial charge on any atom is 0.231 e. The van der Waals surface area contributed by atoms with Gasteiger partial charge in [-0.05, 0) is 30.2 Å². The molecule has 1 heterocycles. The lowest BCUT2D eigenvalue weighted by molar-refractivity contribution is 0.174. The van der Waals surface area contributed by atoms with Crippen molar-refractivity contribution in [2.24, 2.45) is 0 Å². The van der Waals surface area contributed by atoms with Crippen molar-refractivity contribution in [3.63, 3.8) is 0 Å². The molecule has 14 heavy (non-hydrogen) atoms. The van der Waals surface area contributed by atoms with Crippen LogP contribution in [-0.2, 0) is 6.54 Å². The first-order valence-electron chi connectivity index (χ1n) is 4.52. The minimum Gasteiger partial charge on any atom is -0.454 e. The first-order chi connectivity index (χ1) is 6.81. The highest BCUT2D eigenvalue weighted by Crippen LogP contribution is 2.34. The van der Waals surface area contributed by atoms with Crippen molar-refractivity contribution in [2.45, 2.75) is 13.5 Å². The van der Waals surface area contributed by atoms with Crippen LogP contribution in [0.1, 0.15) is 11.1 Å². The normalized spacial score (nSPS) is 13.3. The van der Waals surface area contributed by atoms with Crippen LogP contribution in [0.5, 0.6) is 11.5 Å². The Hall–Kier alpha value is -1.26. The summed E-state index contributed by atoms with van der Waals surface area (Å²) in [6, 6.07) is 3.90. The van der Waals surface area contributed by atoms with Gasteiger partial charge in [-0.2, -0.15) is 0 Å². The highest BCUT2D eigenvalue weighted by atomic mass is 16.7. The van der Waals surface area contributed by atoms with Crippen molar-refractivity contribution in [1.29, 1.82) is 0 Å². The van der Waals surface area contributed by atoms with Gasteiger partial charge in [0.25, 0.3) is 0 Å². The van der Waals surface area contributed by atoms with E-state index in [-0.39, 0.29) is 6.73 Å². The third kappa shape index (κ3) is 1.66. The van der Waals surface area contributed by atoms with Gasteiger partial charge in [0.15, 0.2) is 11.5 Å². The summed E-state index contributed by atoms with van der Waals surface area (Å²) >= 11 is 0. The molecule has 1 aromatic carbocycles. The summed E-state index contributed by atoms with van der Waals surface area (Å²) < 4.78 is 10.5. The van der Waals surface area contributed by atoms with E-state index in [4.69, 9.17) is 14.6 Å². The Morgan fingerprint density at radius 3 is 2.79 bits per heavy atom. The standard InChI is InChI=1S/C10H13NO3/c1-7-2-9-10(14-6-13-9)3-8(7)4-11-5-12/h2-3,11-12H,4-6H2,1H3. The number of aliphatic hydroxyl groups is 1. The second kappa shape index (κ2) is 3.86. The zero-order chi connectivity index (χ0) is 9.97. The molecular weight excluding hydrogens is 182 g/mol. The first kappa shape index (κ1) is 9.30. The largest absolute Gasteiger partial charge is 0.454 e. The molecular formula is C10H13NO3. The molecule has 2 rings (SSSR count). The smallest absolute Gasteiger partial charge is 0.231 e. The Balaban J connectivity index is 2.23. The maximum atomic E-state index is 8.64. The van der Waals surface area contributed by atoms with Crippen molar-refractivity contribution in [2.75, 3.05) is 13.5 Å². The predicted molar refractivity (Wildman–Crippen MR) is 51.2 cm³/mol. The maximum absolute atomic E-state index is 8.64. The van der Waals surface area contributed by atoms with Crippen molar-refractivity contribution in [1.82, 2.24) is 5.32 Å². The lowest BCUT2D eigenvalue weighted by atomic mass is 10.1. The molecule has 0 aromatic heterocycles. The molecule has 0 spiro atoms. The predicted octanol–water partition coefficient (Wildman–Crippen LogP) is 0.763. The highest BCUT2D eigenvalue weighted by molar-refractivity contribution is 5.48. The molecule has 0 bridgehead atoms. The van der Waals surface area contributed by atoms with Gasteiger partial charge in [0.05, 0.1) is 6.73 Å². The Morgan fingerprint density at radius 1 is 1.36 bits per heavy atom. The molecule has 1 aliphatic rings. The average Bonchev–Trinajstić information content (AvgIpc) is 2.61. The van der Waals surface area contributed by atoms with E-state index in [1.165, 1.54) is 0 Å². The number of benzene rings is 1. The number of ether oxygens (including phenoxy) is 2. The molecule has 0 amide bonds. The van der Waals surface area contributed by atoms with E-state index in [0.29, 0.717) is 13.3 Å². The van der Waals surface area contributed by atoms with Gasteiger partial charge in [-0.3, -0.25) is 5.32 Å². The third-order valence-corrected chi connectivity index (χ3v) is 2.26. The molecule has 4 heteroatoms. The molecule has 76 valence electrons. The van der Waals surface area contributed by atoms with Crippen LogP contribution in [0, 0.1) is 6.92 Å². The Morgan fingerprint density at radius 2 is 2.07 bits per heavy atom. The number of fused-ring (bicyclic) bond motifs is 1. The molecule has 0 aliphatic carbocycles. The third-order valence-electron chi connectivity index (χ3n) is 2.26. The summed E-state index contributed by atoms with van der Waals surface area (Å²) in [6.07, 6.45) is 0. The van der Waals surface area contributed by atoms with Crippen molar-refractivity contribution in [3.05, 3.63) is 23.3 Å². The summed E-state index contributed by atoms with van der Waals surface area (Å²) in [4.78, 5) is 0. The molecule has 0 radical (unpaired) electrons. The second-order valence-electron chi connectivity index (χ2n) is 3.22. The van der Waals surface area contributed by atoms with E-state index in [9.17, 15) is 0 Å². The first-order valence-corrected chi connectivity index (χ1v) is 4.52. The molecule has 1 aliphatic heterocycles. The van der Waals surface area contributed by atoms with Crippen LogP contribution < -0.4 is 14.8 Å². The fraction of sp³-hybridized carbons (Fsp3) is 0.400. The fourth-order valence-electron chi connectivity index (χ4n) is 1.47. The number of aliphatic hydroxyl groups excluding tert-OH is 1. The minimum atomic E-state index is -0.0200. The molecule has 2 N–H and O–H groups in total. The Bertz CT molecular complexity index is 338. The average molecular weight is 195 g/mol. The quantitative estimate of drug-likeness (QED) is 0.699. The van der Waals surface area contributed by atoms with Gasteiger partial charge in [0.1, 0.15) is 0 Å². The SMILES string of the molecule is Cc1cc2c(cc1CNCO)OCO2. The number of hydrogen-bond acceptors (Lipinski definition) is 4. The van der Waals surface area contributed by atoms with Crippen LogP contribution in [0.4, 0.5) is 0 Å². The van der Waals surface area contributed by atoms with Crippen LogP contribution >= 0.6 is 0 Å². The monoisotopic (exact) mass is 195 g/mol. The summed E-state index contributed by atoms with van der Waals surface area (Å²) in [6.45, 7) is 2.93. The molecule has 4 nitrogen and oxygen atoms in total. The van der Waals surface area contributed by atoms with Crippen molar-refractivity contribution >= 4 is 0 Å². The van der Waals surface area contributed by atoms with Gasteiger partial charge in [-0.15, -0.1) is 0 Å². The van der Waals surface area contributed by atoms with Gasteiger partial charge < -0.3 is 14.6 Å². The second-order valence-corrected chi connectivity index (χ2v) is 3.22. The Labute approximate surface area is 82.5 Å². The molecule has 0 saturated heterocycles. The molecule has 0 fully saturated rings. The minimum absolute atomic E-state index is 0.0200. The van der Waals surface area contributed by atoms with E-state index in [1.54, 1.807) is 0 Å². The van der Waals surface area contributed by atoms with Crippen LogP contribution in [0.2, 0.25) is 0 Å². The van der Waals surface area contributed by atoms with Crippen molar-refractivity contribution in [3.8, 4) is 11.5 Å². The molecule has 0 unspecified atom stereocenters. The zero-order valence-corrected chi connectivity index (χ0v) is 8.04. The van der Waals surface area contributed by atoms with Crippen LogP contribution in [0.25, 0.3) is 0 Å². The number of hydrogen-bond donors (Lipinski definition) is 2. The zero-order valence-electron chi connectivity index (χ0n) is 8.04. The molecule has 0 saturated carbocycles. The topological polar surface area (TPSA) is 50.7 Å². The fourth-order valence-corrected chi connectivity index (χ4v) is 1.47. The molecule has 0 atom stereocenters. The molecule has 1 aromatic rings. The number of aryl methyl sites for hydroxylation is 1. The van der Waals surface area contributed by atoms with E-state index in [0.717, 1.165) is 22.6 Å². The van der Waals surface area contributed by atoms with Gasteiger partial charge in [-0.1, -0.05) is 0 Å². The van der Waals surface area contributed by atoms with Crippen LogP contribution in [0.15, 0.2) is 12.1 Å². The van der Waals surface area contributed by atoms with E-state index < -0.39 is 0 Å².